The highest BCUT2D eigenvalue weighted by atomic mass is 16.5. The Kier molecular flexibility index (Phi) is 6.67. The van der Waals surface area contributed by atoms with Gasteiger partial charge in [-0.2, -0.15) is 0 Å². The Hall–Kier alpha value is -2.24. The van der Waals surface area contributed by atoms with Crippen LogP contribution in [0.15, 0.2) is 12.1 Å². The molecule has 1 aliphatic rings. The van der Waals surface area contributed by atoms with Gasteiger partial charge in [-0.1, -0.05) is 6.92 Å². The first-order valence-corrected chi connectivity index (χ1v) is 8.95. The van der Waals surface area contributed by atoms with Crippen LogP contribution < -0.4 is 10.1 Å². The molecule has 0 saturated carbocycles. The summed E-state index contributed by atoms with van der Waals surface area (Å²) in [7, 11) is 1.59. The number of benzene rings is 1. The normalized spacial score (nSPS) is 14.9. The lowest BCUT2D eigenvalue weighted by Crippen LogP contribution is -2.42. The molecule has 25 heavy (non-hydrogen) atoms. The van der Waals surface area contributed by atoms with Crippen LogP contribution in [0.3, 0.4) is 0 Å². The molecule has 1 saturated heterocycles. The fourth-order valence-corrected chi connectivity index (χ4v) is 2.96. The number of hydrogen-bond acceptors (Lipinski definition) is 3. The summed E-state index contributed by atoms with van der Waals surface area (Å²) in [5.74, 6) is 0.575. The molecule has 6 nitrogen and oxygen atoms in total. The topological polar surface area (TPSA) is 61.9 Å². The van der Waals surface area contributed by atoms with E-state index >= 15 is 0 Å². The molecular weight excluding hydrogens is 318 g/mol. The highest BCUT2D eigenvalue weighted by molar-refractivity contribution is 5.97. The van der Waals surface area contributed by atoms with Crippen LogP contribution in [0.1, 0.15) is 41.3 Å². The lowest BCUT2D eigenvalue weighted by atomic mass is 10.0. The molecule has 1 fully saturated rings. The zero-order valence-corrected chi connectivity index (χ0v) is 15.7. The summed E-state index contributed by atoms with van der Waals surface area (Å²) in [6, 6.07) is 3.76. The van der Waals surface area contributed by atoms with Crippen molar-refractivity contribution in [1.82, 2.24) is 15.1 Å². The van der Waals surface area contributed by atoms with Crippen molar-refractivity contribution in [3.05, 3.63) is 28.8 Å². The van der Waals surface area contributed by atoms with Gasteiger partial charge in [-0.15, -0.1) is 0 Å². The third kappa shape index (κ3) is 4.65. The van der Waals surface area contributed by atoms with Crippen LogP contribution in [0.2, 0.25) is 0 Å². The van der Waals surface area contributed by atoms with E-state index in [0.717, 1.165) is 24.0 Å². The molecule has 0 unspecified atom stereocenters. The first-order valence-electron chi connectivity index (χ1n) is 8.95. The molecule has 0 radical (unpaired) electrons. The number of nitrogens with one attached hydrogen (secondary N) is 1. The van der Waals surface area contributed by atoms with Crippen LogP contribution in [0, 0.1) is 13.8 Å². The molecule has 0 aliphatic carbocycles. The van der Waals surface area contributed by atoms with E-state index in [1.807, 2.05) is 37.8 Å². The molecule has 0 aromatic heterocycles. The van der Waals surface area contributed by atoms with Gasteiger partial charge in [-0.3, -0.25) is 4.79 Å². The average Bonchev–Trinajstić information content (AvgIpc) is 2.87. The van der Waals surface area contributed by atoms with Gasteiger partial charge in [0.15, 0.2) is 0 Å². The zero-order chi connectivity index (χ0) is 18.4. The van der Waals surface area contributed by atoms with Crippen molar-refractivity contribution in [3.8, 4) is 5.75 Å². The average molecular weight is 347 g/mol. The summed E-state index contributed by atoms with van der Waals surface area (Å²) < 4.78 is 5.41. The minimum Gasteiger partial charge on any atom is -0.496 e. The van der Waals surface area contributed by atoms with Gasteiger partial charge in [0.25, 0.3) is 5.91 Å². The van der Waals surface area contributed by atoms with Gasteiger partial charge in [0.2, 0.25) is 0 Å². The quantitative estimate of drug-likeness (QED) is 0.911. The number of urea groups is 1. The molecule has 0 spiro atoms. The Labute approximate surface area is 150 Å². The van der Waals surface area contributed by atoms with Crippen molar-refractivity contribution in [2.75, 3.05) is 39.8 Å². The van der Waals surface area contributed by atoms with Crippen molar-refractivity contribution >= 4 is 11.9 Å². The number of methoxy groups -OCH3 is 1. The second-order valence-corrected chi connectivity index (χ2v) is 6.50. The van der Waals surface area contributed by atoms with Crippen LogP contribution in [0.4, 0.5) is 4.79 Å². The van der Waals surface area contributed by atoms with Gasteiger partial charge in [0.05, 0.1) is 12.7 Å². The van der Waals surface area contributed by atoms with E-state index in [0.29, 0.717) is 44.0 Å². The summed E-state index contributed by atoms with van der Waals surface area (Å²) >= 11 is 0. The van der Waals surface area contributed by atoms with Crippen molar-refractivity contribution in [1.29, 1.82) is 0 Å². The minimum absolute atomic E-state index is 0.0317. The van der Waals surface area contributed by atoms with Crippen molar-refractivity contribution < 1.29 is 14.3 Å². The van der Waals surface area contributed by atoms with Crippen LogP contribution in [0.25, 0.3) is 0 Å². The number of carbonyl (C=O) groups is 2. The van der Waals surface area contributed by atoms with Gasteiger partial charge in [0.1, 0.15) is 5.75 Å². The monoisotopic (exact) mass is 347 g/mol. The van der Waals surface area contributed by atoms with Crippen molar-refractivity contribution in [2.24, 2.45) is 0 Å². The molecule has 138 valence electrons. The Bertz CT molecular complexity index is 631. The van der Waals surface area contributed by atoms with Crippen LogP contribution in [-0.4, -0.2) is 61.6 Å². The first-order chi connectivity index (χ1) is 12.0. The van der Waals surface area contributed by atoms with E-state index in [4.69, 9.17) is 4.74 Å². The van der Waals surface area contributed by atoms with Crippen LogP contribution >= 0.6 is 0 Å². The molecule has 0 atom stereocenters. The van der Waals surface area contributed by atoms with Crippen molar-refractivity contribution in [3.63, 3.8) is 0 Å². The van der Waals surface area contributed by atoms with E-state index in [2.05, 4.69) is 5.32 Å². The molecule has 6 heteroatoms. The van der Waals surface area contributed by atoms with Gasteiger partial charge in [0, 0.05) is 32.7 Å². The Balaban J connectivity index is 2.08. The maximum Gasteiger partial charge on any atom is 0.317 e. The predicted molar refractivity (Wildman–Crippen MR) is 98.3 cm³/mol. The van der Waals surface area contributed by atoms with Gasteiger partial charge < -0.3 is 19.9 Å². The maximum atomic E-state index is 13.0. The largest absolute Gasteiger partial charge is 0.496 e. The molecule has 1 aromatic carbocycles. The third-order valence-corrected chi connectivity index (χ3v) is 4.64. The van der Waals surface area contributed by atoms with Gasteiger partial charge >= 0.3 is 6.03 Å². The van der Waals surface area contributed by atoms with Gasteiger partial charge in [-0.05, 0) is 49.9 Å². The standard InChI is InChI=1S/C19H29N3O3/c1-5-7-20-19(24)22-9-6-8-21(10-11-22)18(23)16-12-14(2)15(3)13-17(16)25-4/h12-13H,5-11H2,1-4H3,(H,20,24). The van der Waals surface area contributed by atoms with E-state index in [1.165, 1.54) is 0 Å². The fraction of sp³-hybridized carbons (Fsp3) is 0.579. The first kappa shape index (κ1) is 19.1. The number of aryl methyl sites for hydroxylation is 2. The Morgan fingerprint density at radius 2 is 1.72 bits per heavy atom. The second-order valence-electron chi connectivity index (χ2n) is 6.50. The zero-order valence-electron chi connectivity index (χ0n) is 15.7. The SMILES string of the molecule is CCCNC(=O)N1CCCN(C(=O)c2cc(C)c(C)cc2OC)CC1. The molecule has 2 rings (SSSR count). The van der Waals surface area contributed by atoms with E-state index in [9.17, 15) is 9.59 Å². The molecular formula is C19H29N3O3. The van der Waals surface area contributed by atoms with Crippen LogP contribution in [0.5, 0.6) is 5.75 Å². The maximum absolute atomic E-state index is 13.0. The fourth-order valence-electron chi connectivity index (χ4n) is 2.96. The molecule has 0 bridgehead atoms. The number of amides is 3. The molecule has 1 aromatic rings. The summed E-state index contributed by atoms with van der Waals surface area (Å²) in [5, 5.41) is 2.90. The van der Waals surface area contributed by atoms with Crippen LogP contribution in [-0.2, 0) is 0 Å². The van der Waals surface area contributed by atoms with Gasteiger partial charge in [-0.25, -0.2) is 4.79 Å². The smallest absolute Gasteiger partial charge is 0.317 e. The molecule has 1 aliphatic heterocycles. The highest BCUT2D eigenvalue weighted by Crippen LogP contribution is 2.25. The molecule has 1 N–H and O–H groups in total. The Morgan fingerprint density at radius 3 is 2.40 bits per heavy atom. The third-order valence-electron chi connectivity index (χ3n) is 4.64. The molecule has 3 amide bonds. The molecule has 1 heterocycles. The van der Waals surface area contributed by atoms with E-state index in [-0.39, 0.29) is 11.9 Å². The lowest BCUT2D eigenvalue weighted by Gasteiger charge is -2.23. The summed E-state index contributed by atoms with van der Waals surface area (Å²) in [6.45, 7) is 9.11. The predicted octanol–water partition coefficient (Wildman–Crippen LogP) is 2.58. The van der Waals surface area contributed by atoms with Crippen molar-refractivity contribution in [2.45, 2.75) is 33.6 Å². The number of ether oxygens (including phenoxy) is 1. The summed E-state index contributed by atoms with van der Waals surface area (Å²) in [6.07, 6.45) is 1.69. The minimum atomic E-state index is -0.0418. The number of rotatable bonds is 4. The lowest BCUT2D eigenvalue weighted by molar-refractivity contribution is 0.0759. The summed E-state index contributed by atoms with van der Waals surface area (Å²) in [4.78, 5) is 28.7. The van der Waals surface area contributed by atoms with E-state index in [1.54, 1.807) is 12.0 Å². The number of carbonyl (C=O) groups excluding carboxylic acids is 2. The highest BCUT2D eigenvalue weighted by Gasteiger charge is 2.24. The summed E-state index contributed by atoms with van der Waals surface area (Å²) in [5.41, 5.74) is 2.76. The second kappa shape index (κ2) is 8.74. The van der Waals surface area contributed by atoms with E-state index < -0.39 is 0 Å². The number of nitrogens with zero attached hydrogens (tertiary/aromatic N) is 2. The number of hydrogen-bond donors (Lipinski definition) is 1. The Morgan fingerprint density at radius 1 is 1.08 bits per heavy atom.